The zero-order chi connectivity index (χ0) is 18.5. The first-order valence-corrected chi connectivity index (χ1v) is 9.38. The minimum absolute atomic E-state index is 0.161. The number of carbonyl (C=O) groups is 1. The van der Waals surface area contributed by atoms with Gasteiger partial charge in [-0.05, 0) is 18.6 Å². The summed E-state index contributed by atoms with van der Waals surface area (Å²) in [5.41, 5.74) is -0.568. The molecule has 0 aliphatic carbocycles. The first kappa shape index (κ1) is 21.5. The van der Waals surface area contributed by atoms with E-state index in [1.165, 1.54) is 51.4 Å². The molecule has 0 atom stereocenters. The lowest BCUT2D eigenvalue weighted by Crippen LogP contribution is -2.10. The fourth-order valence-corrected chi connectivity index (χ4v) is 2.69. The maximum Gasteiger partial charge on any atom is 0.341 e. The summed E-state index contributed by atoms with van der Waals surface area (Å²) in [5, 5.41) is 0. The van der Waals surface area contributed by atoms with E-state index in [2.05, 4.69) is 6.92 Å². The molecule has 0 aliphatic heterocycles. The largest absolute Gasteiger partial charge is 0.462 e. The van der Waals surface area contributed by atoms with Gasteiger partial charge in [0.1, 0.15) is 0 Å². The van der Waals surface area contributed by atoms with Crippen LogP contribution in [0.1, 0.15) is 87.9 Å². The van der Waals surface area contributed by atoms with Crippen molar-refractivity contribution >= 4 is 5.97 Å². The van der Waals surface area contributed by atoms with Crippen LogP contribution in [-0.2, 0) is 4.74 Å². The number of halogens is 3. The molecule has 0 unspecified atom stereocenters. The van der Waals surface area contributed by atoms with Gasteiger partial charge in [-0.1, -0.05) is 71.1 Å². The summed E-state index contributed by atoms with van der Waals surface area (Å²) in [5.74, 6) is -5.42. The molecule has 0 radical (unpaired) electrons. The van der Waals surface area contributed by atoms with E-state index in [1.54, 1.807) is 0 Å². The van der Waals surface area contributed by atoms with Gasteiger partial charge in [-0.25, -0.2) is 18.0 Å². The van der Waals surface area contributed by atoms with E-state index in [4.69, 9.17) is 4.74 Å². The van der Waals surface area contributed by atoms with Crippen molar-refractivity contribution in [2.24, 2.45) is 0 Å². The van der Waals surface area contributed by atoms with Gasteiger partial charge in [0, 0.05) is 0 Å². The maximum atomic E-state index is 13.4. The third kappa shape index (κ3) is 8.41. The van der Waals surface area contributed by atoms with Crippen molar-refractivity contribution < 1.29 is 22.7 Å². The van der Waals surface area contributed by atoms with Crippen molar-refractivity contribution in [3.05, 3.63) is 35.1 Å². The van der Waals surface area contributed by atoms with E-state index >= 15 is 0 Å². The quantitative estimate of drug-likeness (QED) is 0.226. The van der Waals surface area contributed by atoms with E-state index in [0.717, 1.165) is 25.0 Å². The smallest absolute Gasteiger partial charge is 0.341 e. The Kier molecular flexibility index (Phi) is 11.0. The van der Waals surface area contributed by atoms with Crippen molar-refractivity contribution in [1.29, 1.82) is 0 Å². The average Bonchev–Trinajstić information content (AvgIpc) is 2.60. The Morgan fingerprint density at radius 2 is 1.32 bits per heavy atom. The highest BCUT2D eigenvalue weighted by Gasteiger charge is 2.19. The van der Waals surface area contributed by atoms with Crippen molar-refractivity contribution in [2.45, 2.75) is 77.6 Å². The highest BCUT2D eigenvalue weighted by atomic mass is 19.2. The Morgan fingerprint density at radius 3 is 1.88 bits per heavy atom. The number of rotatable bonds is 13. The molecule has 0 aromatic heterocycles. The fourth-order valence-electron chi connectivity index (χ4n) is 2.69. The predicted octanol–water partition coefficient (Wildman–Crippen LogP) is 6.57. The average molecular weight is 358 g/mol. The Labute approximate surface area is 148 Å². The zero-order valence-electron chi connectivity index (χ0n) is 15.1. The number of unbranched alkanes of at least 4 members (excludes halogenated alkanes) is 10. The molecule has 0 saturated heterocycles. The molecule has 142 valence electrons. The van der Waals surface area contributed by atoms with Crippen molar-refractivity contribution in [3.8, 4) is 0 Å². The normalized spacial score (nSPS) is 10.9. The lowest BCUT2D eigenvalue weighted by atomic mass is 10.1. The second-order valence-electron chi connectivity index (χ2n) is 6.39. The van der Waals surface area contributed by atoms with Gasteiger partial charge in [-0.15, -0.1) is 0 Å². The summed E-state index contributed by atoms with van der Waals surface area (Å²) in [6, 6.07) is 1.62. The zero-order valence-corrected chi connectivity index (χ0v) is 15.1. The van der Waals surface area contributed by atoms with Crippen molar-refractivity contribution in [2.75, 3.05) is 6.61 Å². The third-order valence-electron chi connectivity index (χ3n) is 4.24. The summed E-state index contributed by atoms with van der Waals surface area (Å²) in [6.45, 7) is 2.38. The molecule has 5 heteroatoms. The highest BCUT2D eigenvalue weighted by molar-refractivity contribution is 5.89. The van der Waals surface area contributed by atoms with Crippen LogP contribution in [0.3, 0.4) is 0 Å². The van der Waals surface area contributed by atoms with Crippen LogP contribution in [0.15, 0.2) is 12.1 Å². The van der Waals surface area contributed by atoms with Crippen LogP contribution < -0.4 is 0 Å². The topological polar surface area (TPSA) is 26.3 Å². The van der Waals surface area contributed by atoms with Gasteiger partial charge < -0.3 is 4.74 Å². The van der Waals surface area contributed by atoms with Crippen LogP contribution in [0.4, 0.5) is 13.2 Å². The van der Waals surface area contributed by atoms with Crippen molar-refractivity contribution in [3.63, 3.8) is 0 Å². The summed E-state index contributed by atoms with van der Waals surface area (Å²) in [4.78, 5) is 11.7. The molecule has 1 aromatic carbocycles. The van der Waals surface area contributed by atoms with Crippen LogP contribution in [0, 0.1) is 17.5 Å². The molecule has 1 rings (SSSR count). The summed E-state index contributed by atoms with van der Waals surface area (Å²) in [7, 11) is 0. The summed E-state index contributed by atoms with van der Waals surface area (Å²) >= 11 is 0. The molecule has 0 fully saturated rings. The minimum Gasteiger partial charge on any atom is -0.462 e. The first-order chi connectivity index (χ1) is 12.1. The predicted molar refractivity (Wildman–Crippen MR) is 93.1 cm³/mol. The van der Waals surface area contributed by atoms with E-state index in [0.29, 0.717) is 6.42 Å². The van der Waals surface area contributed by atoms with Gasteiger partial charge in [0.2, 0.25) is 0 Å². The number of benzene rings is 1. The molecule has 1 aromatic rings. The van der Waals surface area contributed by atoms with Gasteiger partial charge in [0.15, 0.2) is 17.5 Å². The molecule has 0 amide bonds. The van der Waals surface area contributed by atoms with Crippen LogP contribution >= 0.6 is 0 Å². The number of esters is 1. The van der Waals surface area contributed by atoms with Crippen molar-refractivity contribution in [1.82, 2.24) is 0 Å². The monoisotopic (exact) mass is 358 g/mol. The molecule has 0 bridgehead atoms. The molecule has 0 spiro atoms. The molecular formula is C20H29F3O2. The lowest BCUT2D eigenvalue weighted by Gasteiger charge is -2.06. The van der Waals surface area contributed by atoms with E-state index in [-0.39, 0.29) is 6.61 Å². The Balaban J connectivity index is 2.05. The van der Waals surface area contributed by atoms with Gasteiger partial charge in [-0.3, -0.25) is 0 Å². The lowest BCUT2D eigenvalue weighted by molar-refractivity contribution is 0.0491. The minimum atomic E-state index is -1.65. The Morgan fingerprint density at radius 1 is 0.800 bits per heavy atom. The summed E-state index contributed by atoms with van der Waals surface area (Å²) in [6.07, 6.45) is 12.9. The van der Waals surface area contributed by atoms with Gasteiger partial charge in [-0.2, -0.15) is 0 Å². The molecule has 2 nitrogen and oxygen atoms in total. The number of ether oxygens (including phenoxy) is 1. The SMILES string of the molecule is CCCCCCCCCCCCCOC(=O)c1ccc(F)c(F)c1F. The number of hydrogen-bond donors (Lipinski definition) is 0. The van der Waals surface area contributed by atoms with Crippen LogP contribution in [-0.4, -0.2) is 12.6 Å². The van der Waals surface area contributed by atoms with Gasteiger partial charge in [0.25, 0.3) is 0 Å². The van der Waals surface area contributed by atoms with E-state index in [9.17, 15) is 18.0 Å². The van der Waals surface area contributed by atoms with E-state index < -0.39 is 29.0 Å². The van der Waals surface area contributed by atoms with E-state index in [1.807, 2.05) is 0 Å². The molecule has 25 heavy (non-hydrogen) atoms. The van der Waals surface area contributed by atoms with Gasteiger partial charge in [0.05, 0.1) is 12.2 Å². The Hall–Kier alpha value is -1.52. The second-order valence-corrected chi connectivity index (χ2v) is 6.39. The summed E-state index contributed by atoms with van der Waals surface area (Å²) < 4.78 is 44.2. The highest BCUT2D eigenvalue weighted by Crippen LogP contribution is 2.16. The Bertz CT molecular complexity index is 518. The molecule has 0 saturated carbocycles. The molecule has 0 aliphatic rings. The standard InChI is InChI=1S/C20H29F3O2/c1-2-3-4-5-6-7-8-9-10-11-12-15-25-20(24)16-13-14-17(21)19(23)18(16)22/h13-14H,2-12,15H2,1H3. The maximum absolute atomic E-state index is 13.4. The van der Waals surface area contributed by atoms with Gasteiger partial charge >= 0.3 is 5.97 Å². The first-order valence-electron chi connectivity index (χ1n) is 9.38. The number of hydrogen-bond acceptors (Lipinski definition) is 2. The molecular weight excluding hydrogens is 329 g/mol. The van der Waals surface area contributed by atoms with Crippen LogP contribution in [0.5, 0.6) is 0 Å². The fraction of sp³-hybridized carbons (Fsp3) is 0.650. The molecule has 0 heterocycles. The third-order valence-corrected chi connectivity index (χ3v) is 4.24. The molecule has 0 N–H and O–H groups in total. The van der Waals surface area contributed by atoms with Crippen LogP contribution in [0.2, 0.25) is 0 Å². The van der Waals surface area contributed by atoms with Crippen LogP contribution in [0.25, 0.3) is 0 Å². The number of carbonyl (C=O) groups excluding carboxylic acids is 1. The second kappa shape index (κ2) is 12.8.